The van der Waals surface area contributed by atoms with Gasteiger partial charge in [0.05, 0.1) is 43.2 Å². The SMILES string of the molecule is CN(C)c1ncc2nc1-c1cc(no1)-c1ccccc1OCCOCCOCCN(C)S(=O)(=O)c1ccc-2cc1. The lowest BCUT2D eigenvalue weighted by Crippen LogP contribution is -2.30. The zero-order valence-corrected chi connectivity index (χ0v) is 23.4. The number of hydrogen-bond acceptors (Lipinski definition) is 10. The van der Waals surface area contributed by atoms with Gasteiger partial charge in [-0.3, -0.25) is 0 Å². The van der Waals surface area contributed by atoms with E-state index in [4.69, 9.17) is 23.7 Å². The van der Waals surface area contributed by atoms with Crippen molar-refractivity contribution >= 4 is 15.8 Å². The highest BCUT2D eigenvalue weighted by Gasteiger charge is 2.22. The molecule has 40 heavy (non-hydrogen) atoms. The van der Waals surface area contributed by atoms with Crippen molar-refractivity contribution in [1.82, 2.24) is 19.4 Å². The first-order chi connectivity index (χ1) is 19.3. The maximum Gasteiger partial charge on any atom is 0.242 e. The van der Waals surface area contributed by atoms with Gasteiger partial charge in [0.15, 0.2) is 17.3 Å². The Hall–Kier alpha value is -3.84. The zero-order chi connectivity index (χ0) is 28.1. The minimum atomic E-state index is -3.69. The van der Waals surface area contributed by atoms with Crippen LogP contribution < -0.4 is 9.64 Å². The second-order valence-electron chi connectivity index (χ2n) is 9.32. The molecule has 0 N–H and O–H groups in total. The number of fused-ring (bicyclic) bond motifs is 12. The number of ether oxygens (including phenoxy) is 3. The fraction of sp³-hybridized carbons (Fsp3) is 0.321. The molecule has 0 unspecified atom stereocenters. The highest BCUT2D eigenvalue weighted by molar-refractivity contribution is 7.89. The molecule has 12 heteroatoms. The van der Waals surface area contributed by atoms with Crippen molar-refractivity contribution in [1.29, 1.82) is 0 Å². The van der Waals surface area contributed by atoms with Crippen LogP contribution in [0, 0.1) is 0 Å². The maximum atomic E-state index is 13.1. The molecule has 0 saturated carbocycles. The van der Waals surface area contributed by atoms with Crippen LogP contribution in [-0.2, 0) is 19.5 Å². The van der Waals surface area contributed by atoms with Gasteiger partial charge in [-0.15, -0.1) is 0 Å². The van der Waals surface area contributed by atoms with Gasteiger partial charge in [0.25, 0.3) is 0 Å². The largest absolute Gasteiger partial charge is 0.490 e. The number of anilines is 1. The van der Waals surface area contributed by atoms with Crippen LogP contribution in [0.4, 0.5) is 5.82 Å². The molecular formula is C28H31N5O6S. The van der Waals surface area contributed by atoms with Gasteiger partial charge >= 0.3 is 0 Å². The third-order valence-corrected chi connectivity index (χ3v) is 8.22. The van der Waals surface area contributed by atoms with E-state index in [0.717, 1.165) is 5.56 Å². The van der Waals surface area contributed by atoms with Crippen LogP contribution in [-0.4, -0.2) is 88.6 Å². The molecular weight excluding hydrogens is 534 g/mol. The molecule has 6 rings (SSSR count). The van der Waals surface area contributed by atoms with Crippen molar-refractivity contribution in [2.45, 2.75) is 4.90 Å². The zero-order valence-electron chi connectivity index (χ0n) is 22.6. The van der Waals surface area contributed by atoms with E-state index in [9.17, 15) is 8.42 Å². The molecule has 0 amide bonds. The molecule has 2 aromatic heterocycles. The van der Waals surface area contributed by atoms with Crippen molar-refractivity contribution < 1.29 is 27.2 Å². The summed E-state index contributed by atoms with van der Waals surface area (Å²) >= 11 is 0. The average Bonchev–Trinajstić information content (AvgIpc) is 3.46. The van der Waals surface area contributed by atoms with E-state index in [2.05, 4.69) is 10.1 Å². The van der Waals surface area contributed by atoms with Crippen LogP contribution in [0.2, 0.25) is 0 Å². The lowest BCUT2D eigenvalue weighted by Gasteiger charge is -2.18. The van der Waals surface area contributed by atoms with Crippen molar-refractivity contribution in [2.75, 3.05) is 65.6 Å². The topological polar surface area (TPSA) is 120 Å². The summed E-state index contributed by atoms with van der Waals surface area (Å²) in [6.45, 7) is 1.86. The summed E-state index contributed by atoms with van der Waals surface area (Å²) in [6, 6.07) is 15.9. The third-order valence-electron chi connectivity index (χ3n) is 6.35. The molecule has 0 saturated heterocycles. The number of aromatic nitrogens is 3. The summed E-state index contributed by atoms with van der Waals surface area (Å²) in [5, 5.41) is 4.30. The molecule has 4 aromatic rings. The Morgan fingerprint density at radius 2 is 1.62 bits per heavy atom. The van der Waals surface area contributed by atoms with Crippen LogP contribution in [0.1, 0.15) is 0 Å². The summed E-state index contributed by atoms with van der Waals surface area (Å²) in [4.78, 5) is 11.5. The van der Waals surface area contributed by atoms with Crippen molar-refractivity contribution in [3.63, 3.8) is 0 Å². The van der Waals surface area contributed by atoms with E-state index in [1.54, 1.807) is 36.5 Å². The molecule has 0 aliphatic carbocycles. The second kappa shape index (κ2) is 12.1. The highest BCUT2D eigenvalue weighted by Crippen LogP contribution is 2.35. The maximum absolute atomic E-state index is 13.1. The van der Waals surface area contributed by atoms with E-state index >= 15 is 0 Å². The Bertz CT molecular complexity index is 1560. The van der Waals surface area contributed by atoms with Gasteiger partial charge < -0.3 is 23.6 Å². The monoisotopic (exact) mass is 565 g/mol. The molecule has 6 bridgehead atoms. The normalized spacial score (nSPS) is 16.6. The van der Waals surface area contributed by atoms with Crippen LogP contribution in [0.3, 0.4) is 0 Å². The fourth-order valence-electron chi connectivity index (χ4n) is 4.16. The van der Waals surface area contributed by atoms with Gasteiger partial charge in [0.1, 0.15) is 18.1 Å². The van der Waals surface area contributed by atoms with Crippen LogP contribution in [0.15, 0.2) is 70.2 Å². The number of nitrogens with zero attached hydrogens (tertiary/aromatic N) is 5. The molecule has 2 aliphatic heterocycles. The fourth-order valence-corrected chi connectivity index (χ4v) is 5.31. The summed E-state index contributed by atoms with van der Waals surface area (Å²) in [7, 11) is 1.58. The minimum absolute atomic E-state index is 0.178. The van der Waals surface area contributed by atoms with Gasteiger partial charge in [0.2, 0.25) is 10.0 Å². The van der Waals surface area contributed by atoms with Gasteiger partial charge in [-0.25, -0.2) is 18.4 Å². The van der Waals surface area contributed by atoms with Crippen molar-refractivity contribution in [2.24, 2.45) is 0 Å². The highest BCUT2D eigenvalue weighted by atomic mass is 32.2. The molecule has 2 aromatic carbocycles. The van der Waals surface area contributed by atoms with Crippen molar-refractivity contribution in [3.8, 4) is 39.7 Å². The molecule has 0 spiro atoms. The predicted octanol–water partition coefficient (Wildman–Crippen LogP) is 3.58. The number of sulfonamides is 1. The van der Waals surface area contributed by atoms with Crippen molar-refractivity contribution in [3.05, 3.63) is 60.8 Å². The Kier molecular flexibility index (Phi) is 8.40. The van der Waals surface area contributed by atoms with Gasteiger partial charge in [0, 0.05) is 44.9 Å². The first-order valence-electron chi connectivity index (χ1n) is 12.8. The van der Waals surface area contributed by atoms with Crippen LogP contribution in [0.5, 0.6) is 5.75 Å². The second-order valence-corrected chi connectivity index (χ2v) is 11.4. The van der Waals surface area contributed by atoms with E-state index in [1.807, 2.05) is 43.3 Å². The summed E-state index contributed by atoms with van der Waals surface area (Å²) in [6.07, 6.45) is 1.65. The van der Waals surface area contributed by atoms with E-state index < -0.39 is 10.0 Å². The standard InChI is InChI=1S/C28H31N5O6S/c1-32(2)28-27-26-18-23(31-39-26)22-6-4-5-7-25(22)38-17-16-37-15-14-36-13-12-33(3)40(34,35)21-10-8-20(9-11-21)24(30-27)19-29-28/h4-11,18-19H,12-17H2,1-3H3. The molecule has 4 heterocycles. The molecule has 210 valence electrons. The quantitative estimate of drug-likeness (QED) is 0.317. The summed E-state index contributed by atoms with van der Waals surface area (Å²) < 4.78 is 50.3. The van der Waals surface area contributed by atoms with Crippen LogP contribution >= 0.6 is 0 Å². The Balaban J connectivity index is 1.55. The Morgan fingerprint density at radius 3 is 2.40 bits per heavy atom. The van der Waals surface area contributed by atoms with E-state index in [0.29, 0.717) is 66.4 Å². The van der Waals surface area contributed by atoms with E-state index in [-0.39, 0.29) is 18.0 Å². The molecule has 0 atom stereocenters. The number of benzene rings is 2. The number of likely N-dealkylation sites (N-methyl/N-ethyl adjacent to an activating group) is 1. The van der Waals surface area contributed by atoms with E-state index in [1.165, 1.54) is 11.4 Å². The first kappa shape index (κ1) is 27.7. The number of hydrogen-bond donors (Lipinski definition) is 0. The molecule has 11 nitrogen and oxygen atoms in total. The van der Waals surface area contributed by atoms with Crippen LogP contribution in [0.25, 0.3) is 34.0 Å². The number of para-hydroxylation sites is 1. The lowest BCUT2D eigenvalue weighted by atomic mass is 10.1. The first-order valence-corrected chi connectivity index (χ1v) is 14.2. The van der Waals surface area contributed by atoms with Gasteiger partial charge in [-0.2, -0.15) is 4.31 Å². The Labute approximate surface area is 233 Å². The molecule has 0 radical (unpaired) electrons. The Morgan fingerprint density at radius 1 is 0.900 bits per heavy atom. The molecule has 0 fully saturated rings. The predicted molar refractivity (Wildman–Crippen MR) is 150 cm³/mol. The van der Waals surface area contributed by atoms with Gasteiger partial charge in [-0.1, -0.05) is 29.4 Å². The van der Waals surface area contributed by atoms with Gasteiger partial charge in [-0.05, 0) is 24.3 Å². The molecule has 2 aliphatic rings. The third kappa shape index (κ3) is 5.99. The lowest BCUT2D eigenvalue weighted by molar-refractivity contribution is 0.0347. The number of rotatable bonds is 1. The smallest absolute Gasteiger partial charge is 0.242 e. The minimum Gasteiger partial charge on any atom is -0.490 e. The summed E-state index contributed by atoms with van der Waals surface area (Å²) in [5.74, 6) is 1.68. The average molecular weight is 566 g/mol. The summed E-state index contributed by atoms with van der Waals surface area (Å²) in [5.41, 5.74) is 3.14.